The summed E-state index contributed by atoms with van der Waals surface area (Å²) in [7, 11) is 1.73. The SMILES string of the molecule is CNC(c1cc(C(C)(C)C)ccc1C)C(N)C(=O)O. The molecule has 19 heavy (non-hydrogen) atoms. The number of nitrogens with one attached hydrogen (secondary N) is 1. The molecule has 0 bridgehead atoms. The molecule has 4 heteroatoms. The van der Waals surface area contributed by atoms with Crippen LogP contribution < -0.4 is 11.1 Å². The summed E-state index contributed by atoms with van der Waals surface area (Å²) in [5, 5.41) is 12.1. The number of rotatable bonds is 4. The van der Waals surface area contributed by atoms with Crippen molar-refractivity contribution in [2.24, 2.45) is 5.73 Å². The molecule has 1 aromatic rings. The molecule has 1 rings (SSSR count). The third-order valence-corrected chi connectivity index (χ3v) is 3.44. The van der Waals surface area contributed by atoms with E-state index in [-0.39, 0.29) is 11.5 Å². The normalized spacial score (nSPS) is 15.1. The second-order valence-corrected chi connectivity index (χ2v) is 5.95. The number of nitrogens with two attached hydrogens (primary N) is 1. The first-order valence-corrected chi connectivity index (χ1v) is 6.45. The van der Waals surface area contributed by atoms with E-state index in [0.29, 0.717) is 0 Å². The fourth-order valence-electron chi connectivity index (χ4n) is 2.11. The molecule has 0 spiro atoms. The average Bonchev–Trinajstić information content (AvgIpc) is 2.30. The molecule has 0 aliphatic carbocycles. The summed E-state index contributed by atoms with van der Waals surface area (Å²) in [6, 6.07) is 4.81. The lowest BCUT2D eigenvalue weighted by Crippen LogP contribution is -2.42. The van der Waals surface area contributed by atoms with Gasteiger partial charge >= 0.3 is 5.97 Å². The van der Waals surface area contributed by atoms with Crippen LogP contribution in [0.3, 0.4) is 0 Å². The molecule has 0 amide bonds. The zero-order chi connectivity index (χ0) is 14.8. The number of benzene rings is 1. The first kappa shape index (κ1) is 15.7. The zero-order valence-corrected chi connectivity index (χ0v) is 12.3. The number of carbonyl (C=O) groups is 1. The van der Waals surface area contributed by atoms with E-state index in [1.54, 1.807) is 7.05 Å². The monoisotopic (exact) mass is 264 g/mol. The molecule has 0 fully saturated rings. The van der Waals surface area contributed by atoms with Gasteiger partial charge in [-0.1, -0.05) is 39.0 Å². The fourth-order valence-corrected chi connectivity index (χ4v) is 2.11. The highest BCUT2D eigenvalue weighted by atomic mass is 16.4. The molecule has 0 saturated heterocycles. The Bertz CT molecular complexity index is 464. The molecule has 1 aromatic carbocycles. The highest BCUT2D eigenvalue weighted by Crippen LogP contribution is 2.28. The van der Waals surface area contributed by atoms with Gasteiger partial charge in [-0.3, -0.25) is 4.79 Å². The molecule has 106 valence electrons. The summed E-state index contributed by atoms with van der Waals surface area (Å²) in [6.07, 6.45) is 0. The van der Waals surface area contributed by atoms with Crippen LogP contribution in [-0.4, -0.2) is 24.2 Å². The van der Waals surface area contributed by atoms with E-state index in [1.807, 2.05) is 13.0 Å². The molecule has 0 aliphatic heterocycles. The Balaban J connectivity index is 3.27. The first-order valence-electron chi connectivity index (χ1n) is 6.45. The van der Waals surface area contributed by atoms with E-state index >= 15 is 0 Å². The Morgan fingerprint density at radius 1 is 1.37 bits per heavy atom. The Labute approximate surface area is 115 Å². The van der Waals surface area contributed by atoms with Crippen molar-refractivity contribution < 1.29 is 9.90 Å². The van der Waals surface area contributed by atoms with E-state index in [9.17, 15) is 4.79 Å². The van der Waals surface area contributed by atoms with Gasteiger partial charge in [-0.05, 0) is 36.1 Å². The number of carboxylic acid groups (broad SMARTS) is 1. The van der Waals surface area contributed by atoms with Gasteiger partial charge in [0.1, 0.15) is 6.04 Å². The van der Waals surface area contributed by atoms with Crippen molar-refractivity contribution in [2.75, 3.05) is 7.05 Å². The summed E-state index contributed by atoms with van der Waals surface area (Å²) < 4.78 is 0. The minimum absolute atomic E-state index is 0.0219. The topological polar surface area (TPSA) is 75.3 Å². The average molecular weight is 264 g/mol. The molecule has 4 nitrogen and oxygen atoms in total. The summed E-state index contributed by atoms with van der Waals surface area (Å²) in [4.78, 5) is 11.1. The Kier molecular flexibility index (Phi) is 4.71. The van der Waals surface area contributed by atoms with Crippen LogP contribution in [0.2, 0.25) is 0 Å². The van der Waals surface area contributed by atoms with Crippen LogP contribution in [0.5, 0.6) is 0 Å². The number of hydrogen-bond donors (Lipinski definition) is 3. The van der Waals surface area contributed by atoms with Crippen LogP contribution in [0, 0.1) is 6.92 Å². The predicted molar refractivity (Wildman–Crippen MR) is 77.3 cm³/mol. The highest BCUT2D eigenvalue weighted by Gasteiger charge is 2.26. The highest BCUT2D eigenvalue weighted by molar-refractivity contribution is 5.74. The maximum absolute atomic E-state index is 11.1. The molecule has 0 aromatic heterocycles. The van der Waals surface area contributed by atoms with E-state index in [1.165, 1.54) is 5.56 Å². The van der Waals surface area contributed by atoms with E-state index in [0.717, 1.165) is 11.1 Å². The second-order valence-electron chi connectivity index (χ2n) is 5.95. The van der Waals surface area contributed by atoms with Crippen molar-refractivity contribution in [3.63, 3.8) is 0 Å². The van der Waals surface area contributed by atoms with E-state index in [4.69, 9.17) is 10.8 Å². The largest absolute Gasteiger partial charge is 0.480 e. The van der Waals surface area contributed by atoms with Crippen LogP contribution in [0.15, 0.2) is 18.2 Å². The van der Waals surface area contributed by atoms with Gasteiger partial charge in [-0.25, -0.2) is 0 Å². The lowest BCUT2D eigenvalue weighted by atomic mass is 9.83. The minimum Gasteiger partial charge on any atom is -0.480 e. The van der Waals surface area contributed by atoms with Gasteiger partial charge in [0.15, 0.2) is 0 Å². The van der Waals surface area contributed by atoms with Crippen molar-refractivity contribution in [3.8, 4) is 0 Å². The zero-order valence-electron chi connectivity index (χ0n) is 12.3. The fraction of sp³-hybridized carbons (Fsp3) is 0.533. The Morgan fingerprint density at radius 2 is 1.95 bits per heavy atom. The minimum atomic E-state index is -1.00. The Hall–Kier alpha value is -1.39. The van der Waals surface area contributed by atoms with Gasteiger partial charge in [-0.15, -0.1) is 0 Å². The number of aryl methyl sites for hydroxylation is 1. The van der Waals surface area contributed by atoms with Crippen molar-refractivity contribution in [3.05, 3.63) is 34.9 Å². The quantitative estimate of drug-likeness (QED) is 0.777. The lowest BCUT2D eigenvalue weighted by molar-refractivity contribution is -0.139. The molecular weight excluding hydrogens is 240 g/mol. The molecule has 0 heterocycles. The maximum atomic E-state index is 11.1. The third-order valence-electron chi connectivity index (χ3n) is 3.44. The lowest BCUT2D eigenvalue weighted by Gasteiger charge is -2.26. The number of aliphatic carboxylic acids is 1. The smallest absolute Gasteiger partial charge is 0.322 e. The Morgan fingerprint density at radius 3 is 2.37 bits per heavy atom. The first-order chi connectivity index (χ1) is 8.68. The summed E-state index contributed by atoms with van der Waals surface area (Å²) in [5.41, 5.74) is 8.96. The molecule has 0 aliphatic rings. The predicted octanol–water partition coefficient (Wildman–Crippen LogP) is 1.96. The molecule has 0 saturated carbocycles. The number of likely N-dealkylation sites (N-methyl/N-ethyl adjacent to an activating group) is 1. The van der Waals surface area contributed by atoms with Gasteiger partial charge in [0.05, 0.1) is 6.04 Å². The standard InChI is InChI=1S/C15H24N2O2/c1-9-6-7-10(15(2,3)4)8-11(9)13(17-5)12(16)14(18)19/h6-8,12-13,17H,16H2,1-5H3,(H,18,19). The summed E-state index contributed by atoms with van der Waals surface area (Å²) in [5.74, 6) is -1.00. The van der Waals surface area contributed by atoms with E-state index in [2.05, 4.69) is 38.2 Å². The van der Waals surface area contributed by atoms with Crippen molar-refractivity contribution in [1.29, 1.82) is 0 Å². The molecule has 4 N–H and O–H groups in total. The maximum Gasteiger partial charge on any atom is 0.322 e. The van der Waals surface area contributed by atoms with Crippen molar-refractivity contribution in [1.82, 2.24) is 5.32 Å². The van der Waals surface area contributed by atoms with Gasteiger partial charge < -0.3 is 16.2 Å². The van der Waals surface area contributed by atoms with Crippen LogP contribution in [-0.2, 0) is 10.2 Å². The van der Waals surface area contributed by atoms with Crippen LogP contribution in [0.4, 0.5) is 0 Å². The van der Waals surface area contributed by atoms with Crippen LogP contribution >= 0.6 is 0 Å². The van der Waals surface area contributed by atoms with Crippen molar-refractivity contribution in [2.45, 2.75) is 45.2 Å². The molecule has 2 unspecified atom stereocenters. The van der Waals surface area contributed by atoms with Crippen molar-refractivity contribution >= 4 is 5.97 Å². The van der Waals surface area contributed by atoms with Gasteiger partial charge in [0.25, 0.3) is 0 Å². The van der Waals surface area contributed by atoms with Gasteiger partial charge in [-0.2, -0.15) is 0 Å². The van der Waals surface area contributed by atoms with E-state index < -0.39 is 12.0 Å². The van der Waals surface area contributed by atoms with Crippen LogP contribution in [0.25, 0.3) is 0 Å². The molecule has 0 radical (unpaired) electrons. The molecule has 2 atom stereocenters. The second kappa shape index (κ2) is 5.72. The summed E-state index contributed by atoms with van der Waals surface area (Å²) in [6.45, 7) is 8.37. The third kappa shape index (κ3) is 3.55. The van der Waals surface area contributed by atoms with Crippen LogP contribution in [0.1, 0.15) is 43.5 Å². The van der Waals surface area contributed by atoms with Gasteiger partial charge in [0, 0.05) is 0 Å². The summed E-state index contributed by atoms with van der Waals surface area (Å²) >= 11 is 0. The van der Waals surface area contributed by atoms with Gasteiger partial charge in [0.2, 0.25) is 0 Å². The number of hydrogen-bond acceptors (Lipinski definition) is 3. The number of carboxylic acids is 1. The molecular formula is C15H24N2O2.